The van der Waals surface area contributed by atoms with Crippen molar-refractivity contribution in [3.8, 4) is 0 Å². The molecule has 1 saturated heterocycles. The van der Waals surface area contributed by atoms with Crippen molar-refractivity contribution in [2.24, 2.45) is 0 Å². The number of fused-ring (bicyclic) bond motifs is 2. The number of hydrogen-bond acceptors (Lipinski definition) is 6. The zero-order valence-corrected chi connectivity index (χ0v) is 20.1. The molecule has 2 aliphatic heterocycles. The van der Waals surface area contributed by atoms with Crippen LogP contribution in [-0.2, 0) is 17.8 Å². The Morgan fingerprint density at radius 3 is 2.69 bits per heavy atom. The van der Waals surface area contributed by atoms with E-state index >= 15 is 0 Å². The predicted molar refractivity (Wildman–Crippen MR) is 131 cm³/mol. The van der Waals surface area contributed by atoms with Crippen molar-refractivity contribution in [2.45, 2.75) is 44.8 Å². The summed E-state index contributed by atoms with van der Waals surface area (Å²) in [6, 6.07) is 8.40. The maximum absolute atomic E-state index is 12.7. The van der Waals surface area contributed by atoms with Crippen molar-refractivity contribution in [1.29, 1.82) is 0 Å². The second kappa shape index (κ2) is 10.1. The van der Waals surface area contributed by atoms with Crippen LogP contribution in [0.15, 0.2) is 42.9 Å². The van der Waals surface area contributed by atoms with Crippen molar-refractivity contribution in [2.75, 3.05) is 32.7 Å². The van der Waals surface area contributed by atoms with Gasteiger partial charge in [-0.1, -0.05) is 24.3 Å². The monoisotopic (exact) mass is 476 g/mol. The van der Waals surface area contributed by atoms with E-state index in [4.69, 9.17) is 0 Å². The Hall–Kier alpha value is -3.30. The molecule has 2 aromatic heterocycles. The van der Waals surface area contributed by atoms with E-state index in [-0.39, 0.29) is 24.3 Å². The van der Waals surface area contributed by atoms with Crippen LogP contribution in [0.4, 0.5) is 0 Å². The lowest BCUT2D eigenvalue weighted by molar-refractivity contribution is -0.129. The lowest BCUT2D eigenvalue weighted by Crippen LogP contribution is -2.42. The third-order valence-corrected chi connectivity index (χ3v) is 7.13. The van der Waals surface area contributed by atoms with Crippen LogP contribution in [0, 0.1) is 0 Å². The molecule has 4 heterocycles. The van der Waals surface area contributed by atoms with Gasteiger partial charge >= 0.3 is 0 Å². The molecule has 0 bridgehead atoms. The number of carbonyl (C=O) groups is 2. The second-order valence-corrected chi connectivity index (χ2v) is 9.60. The summed E-state index contributed by atoms with van der Waals surface area (Å²) >= 11 is 0. The van der Waals surface area contributed by atoms with Gasteiger partial charge in [-0.25, -0.2) is 4.98 Å². The Bertz CT molecular complexity index is 1220. The number of β-amino-alcohol motifs (C(OH)–C–C–N with tert-alkyl or cyclic N) is 1. The Morgan fingerprint density at radius 2 is 1.91 bits per heavy atom. The Balaban J connectivity index is 1.15. The molecule has 0 saturated carbocycles. The summed E-state index contributed by atoms with van der Waals surface area (Å²) in [5.41, 5.74) is 4.53. The van der Waals surface area contributed by atoms with Gasteiger partial charge in [-0.15, -0.1) is 0 Å². The van der Waals surface area contributed by atoms with E-state index in [0.717, 1.165) is 51.1 Å². The third-order valence-electron chi connectivity index (χ3n) is 7.13. The summed E-state index contributed by atoms with van der Waals surface area (Å²) in [5, 5.41) is 13.3. The lowest BCUT2D eigenvalue weighted by Gasteiger charge is -2.30. The van der Waals surface area contributed by atoms with Crippen LogP contribution < -0.4 is 5.32 Å². The molecule has 0 aliphatic carbocycles. The van der Waals surface area contributed by atoms with Gasteiger partial charge in [-0.2, -0.15) is 0 Å². The lowest BCUT2D eigenvalue weighted by atomic mass is 9.94. The van der Waals surface area contributed by atoms with Crippen LogP contribution in [0.2, 0.25) is 0 Å². The van der Waals surface area contributed by atoms with E-state index in [1.54, 1.807) is 19.3 Å². The highest BCUT2D eigenvalue weighted by Crippen LogP contribution is 2.27. The number of nitrogens with one attached hydrogen (secondary N) is 1. The maximum atomic E-state index is 12.7. The highest BCUT2D eigenvalue weighted by Gasteiger charge is 2.24. The van der Waals surface area contributed by atoms with Gasteiger partial charge in [0.25, 0.3) is 5.91 Å². The summed E-state index contributed by atoms with van der Waals surface area (Å²) in [5.74, 6) is 0.0862. The topological polar surface area (TPSA) is 103 Å². The molecular formula is C26H32N6O3. The minimum absolute atomic E-state index is 0.114. The molecule has 0 radical (unpaired) electrons. The molecule has 2 N–H and O–H groups in total. The number of imidazole rings is 1. The molecule has 3 aromatic rings. The van der Waals surface area contributed by atoms with Gasteiger partial charge in [0, 0.05) is 64.5 Å². The summed E-state index contributed by atoms with van der Waals surface area (Å²) in [4.78, 5) is 37.3. The van der Waals surface area contributed by atoms with E-state index in [2.05, 4.69) is 38.4 Å². The number of aliphatic hydroxyl groups excluding tert-OH is 1. The average Bonchev–Trinajstić information content (AvgIpc) is 3.31. The Morgan fingerprint density at radius 1 is 1.14 bits per heavy atom. The van der Waals surface area contributed by atoms with Crippen molar-refractivity contribution < 1.29 is 14.7 Å². The zero-order valence-electron chi connectivity index (χ0n) is 20.1. The molecule has 184 valence electrons. The quantitative estimate of drug-likeness (QED) is 0.560. The Labute approximate surface area is 204 Å². The first-order chi connectivity index (χ1) is 17.0. The number of hydrogen-bond donors (Lipinski definition) is 2. The largest absolute Gasteiger partial charge is 0.390 e. The van der Waals surface area contributed by atoms with Crippen LogP contribution in [0.5, 0.6) is 0 Å². The number of rotatable bonds is 6. The number of aromatic nitrogens is 3. The van der Waals surface area contributed by atoms with Gasteiger partial charge in [0.1, 0.15) is 5.69 Å². The first-order valence-corrected chi connectivity index (χ1v) is 12.3. The average molecular weight is 477 g/mol. The molecule has 1 atom stereocenters. The van der Waals surface area contributed by atoms with E-state index in [0.29, 0.717) is 17.9 Å². The van der Waals surface area contributed by atoms with Crippen molar-refractivity contribution in [1.82, 2.24) is 29.5 Å². The van der Waals surface area contributed by atoms with Crippen LogP contribution in [0.3, 0.4) is 0 Å². The molecule has 2 amide bonds. The smallest absolute Gasteiger partial charge is 0.271 e. The molecular weight excluding hydrogens is 444 g/mol. The Kier molecular flexibility index (Phi) is 6.79. The third kappa shape index (κ3) is 5.36. The SMILES string of the molecule is CC(=O)N1CCC(c2cn3cc(C(=O)NC[C@H](O)CN4CCc5ccccc5C4)nc3cn2)CC1. The highest BCUT2D eigenvalue weighted by atomic mass is 16.3. The molecule has 9 nitrogen and oxygen atoms in total. The summed E-state index contributed by atoms with van der Waals surface area (Å²) in [6.07, 6.45) is 7.39. The fourth-order valence-corrected chi connectivity index (χ4v) is 5.10. The van der Waals surface area contributed by atoms with Gasteiger partial charge in [0.05, 0.1) is 18.0 Å². The minimum Gasteiger partial charge on any atom is -0.390 e. The number of amides is 2. The van der Waals surface area contributed by atoms with Crippen molar-refractivity contribution in [3.05, 3.63) is 65.4 Å². The molecule has 1 aromatic carbocycles. The van der Waals surface area contributed by atoms with E-state index < -0.39 is 6.10 Å². The highest BCUT2D eigenvalue weighted by molar-refractivity contribution is 5.92. The summed E-state index contributed by atoms with van der Waals surface area (Å²) < 4.78 is 1.83. The summed E-state index contributed by atoms with van der Waals surface area (Å²) in [7, 11) is 0. The predicted octanol–water partition coefficient (Wildman–Crippen LogP) is 1.60. The van der Waals surface area contributed by atoms with Gasteiger partial charge < -0.3 is 19.7 Å². The van der Waals surface area contributed by atoms with Crippen LogP contribution in [-0.4, -0.2) is 79.9 Å². The molecule has 0 spiro atoms. The summed E-state index contributed by atoms with van der Waals surface area (Å²) in [6.45, 7) is 5.48. The molecule has 1 fully saturated rings. The number of aliphatic hydroxyl groups is 1. The van der Waals surface area contributed by atoms with Crippen LogP contribution in [0.1, 0.15) is 53.0 Å². The standard InChI is InChI=1S/C26H32N6O3/c1-18(33)31-10-7-20(8-11-31)23-16-32-17-24(29-25(32)13-27-23)26(35)28-12-22(34)15-30-9-6-19-4-2-3-5-21(19)14-30/h2-5,13,16-17,20,22,34H,6-12,14-15H2,1H3,(H,28,35)/t22-/m0/s1. The van der Waals surface area contributed by atoms with Crippen molar-refractivity contribution in [3.63, 3.8) is 0 Å². The van der Waals surface area contributed by atoms with E-state index in [1.165, 1.54) is 11.1 Å². The normalized spacial score (nSPS) is 17.8. The zero-order chi connectivity index (χ0) is 24.4. The fourth-order valence-electron chi connectivity index (χ4n) is 5.10. The number of piperidine rings is 1. The van der Waals surface area contributed by atoms with Gasteiger partial charge in [-0.3, -0.25) is 19.5 Å². The fraction of sp³-hybridized carbons (Fsp3) is 0.462. The number of carbonyl (C=O) groups excluding carboxylic acids is 2. The number of benzene rings is 1. The van der Waals surface area contributed by atoms with Crippen molar-refractivity contribution >= 4 is 17.5 Å². The minimum atomic E-state index is -0.657. The van der Waals surface area contributed by atoms with Gasteiger partial charge in [0.15, 0.2) is 5.65 Å². The van der Waals surface area contributed by atoms with Crippen LogP contribution in [0.25, 0.3) is 5.65 Å². The number of nitrogens with zero attached hydrogens (tertiary/aromatic N) is 5. The van der Waals surface area contributed by atoms with E-state index in [1.807, 2.05) is 21.6 Å². The van der Waals surface area contributed by atoms with Gasteiger partial charge in [0.2, 0.25) is 5.91 Å². The molecule has 35 heavy (non-hydrogen) atoms. The van der Waals surface area contributed by atoms with Gasteiger partial charge in [-0.05, 0) is 30.4 Å². The molecule has 9 heteroatoms. The maximum Gasteiger partial charge on any atom is 0.271 e. The second-order valence-electron chi connectivity index (χ2n) is 9.60. The first-order valence-electron chi connectivity index (χ1n) is 12.3. The first kappa shape index (κ1) is 23.4. The van der Waals surface area contributed by atoms with E-state index in [9.17, 15) is 14.7 Å². The number of likely N-dealkylation sites (tertiary alicyclic amines) is 1. The molecule has 5 rings (SSSR count). The van der Waals surface area contributed by atoms with Crippen LogP contribution >= 0.6 is 0 Å². The molecule has 2 aliphatic rings. The molecule has 0 unspecified atom stereocenters.